The highest BCUT2D eigenvalue weighted by Crippen LogP contribution is 2.15. The topological polar surface area (TPSA) is 146 Å². The number of likely N-dealkylation sites (N-methyl/N-ethyl adjacent to an activating group) is 1. The van der Waals surface area contributed by atoms with Crippen LogP contribution in [0.5, 0.6) is 11.5 Å². The van der Waals surface area contributed by atoms with Gasteiger partial charge in [0, 0.05) is 37.6 Å². The van der Waals surface area contributed by atoms with Crippen LogP contribution in [0.4, 0.5) is 9.59 Å². The summed E-state index contributed by atoms with van der Waals surface area (Å²) in [5, 5.41) is 25.4. The molecule has 0 radical (unpaired) electrons. The average Bonchev–Trinajstić information content (AvgIpc) is 3.72. The number of nitrogens with zero attached hydrogens (tertiary/aromatic N) is 3. The lowest BCUT2D eigenvalue weighted by Gasteiger charge is -2.31. The second-order valence-corrected chi connectivity index (χ2v) is 11.8. The Morgan fingerprint density at radius 1 is 0.767 bits per heavy atom. The molecule has 0 aliphatic rings. The molecule has 0 saturated carbocycles. The van der Waals surface area contributed by atoms with Crippen molar-refractivity contribution in [2.24, 2.45) is 0 Å². The van der Waals surface area contributed by atoms with Gasteiger partial charge in [-0.2, -0.15) is 0 Å². The standard InChI is InChI=1S/C30H35N5O6S2/c1-2-35(15-23(11-21-3-7-25(36)8-4-21)33-29(38)40-17-27-13-31-19-42-27)16-24(12-22-5-9-26(37)10-6-22)34-30(39)41-18-28-14-32-20-43-28/h3-10,13-14,19-20,23-24,36-37H,2,11-12,15-18H2,1H3,(H,33,38)(H,34,39)/t23-,24?/m0/s1. The number of hydrogen-bond donors (Lipinski definition) is 4. The van der Waals surface area contributed by atoms with Crippen molar-refractivity contribution in [2.75, 3.05) is 19.6 Å². The molecule has 11 nitrogen and oxygen atoms in total. The number of benzene rings is 2. The van der Waals surface area contributed by atoms with Gasteiger partial charge in [-0.3, -0.25) is 14.9 Å². The number of rotatable bonds is 15. The van der Waals surface area contributed by atoms with Crippen molar-refractivity contribution in [3.8, 4) is 11.5 Å². The fourth-order valence-electron chi connectivity index (χ4n) is 4.43. The van der Waals surface area contributed by atoms with E-state index in [9.17, 15) is 19.8 Å². The number of phenolic OH excluding ortho intramolecular Hbond substituents is 2. The number of ether oxygens (including phenoxy) is 2. The van der Waals surface area contributed by atoms with Crippen molar-refractivity contribution in [3.05, 3.63) is 92.8 Å². The Morgan fingerprint density at radius 2 is 1.19 bits per heavy atom. The summed E-state index contributed by atoms with van der Waals surface area (Å²) in [4.78, 5) is 37.4. The zero-order valence-corrected chi connectivity index (χ0v) is 25.4. The van der Waals surface area contributed by atoms with Crippen molar-refractivity contribution >= 4 is 34.9 Å². The van der Waals surface area contributed by atoms with Crippen LogP contribution in [0.25, 0.3) is 0 Å². The third-order valence-electron chi connectivity index (χ3n) is 6.54. The van der Waals surface area contributed by atoms with Crippen molar-refractivity contribution in [3.63, 3.8) is 0 Å². The number of phenols is 2. The van der Waals surface area contributed by atoms with E-state index in [4.69, 9.17) is 9.47 Å². The number of hydrogen-bond acceptors (Lipinski definition) is 11. The molecule has 2 heterocycles. The predicted octanol–water partition coefficient (Wildman–Crippen LogP) is 4.71. The Balaban J connectivity index is 1.43. The SMILES string of the molecule is CCN(CC(Cc1ccc(O)cc1)NC(=O)OCc1cncs1)C[C@H](Cc1ccc(O)cc1)NC(=O)OCc1cncs1. The third kappa shape index (κ3) is 11.2. The van der Waals surface area contributed by atoms with Gasteiger partial charge in [-0.15, -0.1) is 22.7 Å². The summed E-state index contributed by atoms with van der Waals surface area (Å²) >= 11 is 2.82. The number of thiazole rings is 2. The molecule has 2 aromatic carbocycles. The van der Waals surface area contributed by atoms with E-state index in [2.05, 4.69) is 25.5 Å². The van der Waals surface area contributed by atoms with Gasteiger partial charge >= 0.3 is 12.2 Å². The summed E-state index contributed by atoms with van der Waals surface area (Å²) in [6.45, 7) is 3.85. The van der Waals surface area contributed by atoms with E-state index >= 15 is 0 Å². The van der Waals surface area contributed by atoms with Crippen LogP contribution in [0.2, 0.25) is 0 Å². The average molecular weight is 626 g/mol. The smallest absolute Gasteiger partial charge is 0.407 e. The molecule has 0 aliphatic heterocycles. The summed E-state index contributed by atoms with van der Waals surface area (Å²) < 4.78 is 10.9. The van der Waals surface area contributed by atoms with Crippen LogP contribution < -0.4 is 10.6 Å². The molecule has 2 aromatic heterocycles. The van der Waals surface area contributed by atoms with Gasteiger partial charge in [0.1, 0.15) is 24.7 Å². The van der Waals surface area contributed by atoms with E-state index in [1.807, 2.05) is 31.2 Å². The highest BCUT2D eigenvalue weighted by molar-refractivity contribution is 7.09. The van der Waals surface area contributed by atoms with Crippen molar-refractivity contribution in [1.82, 2.24) is 25.5 Å². The highest BCUT2D eigenvalue weighted by Gasteiger charge is 2.22. The summed E-state index contributed by atoms with van der Waals surface area (Å²) in [5.41, 5.74) is 5.24. The van der Waals surface area contributed by atoms with Crippen LogP contribution in [0.15, 0.2) is 71.9 Å². The fourth-order valence-corrected chi connectivity index (χ4v) is 5.44. The zero-order chi connectivity index (χ0) is 30.4. The number of carbonyl (C=O) groups is 2. The van der Waals surface area contributed by atoms with Crippen molar-refractivity contribution < 1.29 is 29.3 Å². The molecule has 13 heteroatoms. The number of carbonyl (C=O) groups excluding carboxylic acids is 2. The maximum atomic E-state index is 12.8. The molecule has 228 valence electrons. The van der Waals surface area contributed by atoms with Gasteiger partial charge in [0.2, 0.25) is 0 Å². The van der Waals surface area contributed by atoms with Crippen LogP contribution in [-0.2, 0) is 35.5 Å². The van der Waals surface area contributed by atoms with Crippen LogP contribution in [0.3, 0.4) is 0 Å². The molecule has 0 bridgehead atoms. The van der Waals surface area contributed by atoms with Gasteiger partial charge in [0.15, 0.2) is 0 Å². The maximum absolute atomic E-state index is 12.8. The Bertz CT molecular complexity index is 1280. The lowest BCUT2D eigenvalue weighted by atomic mass is 10.0. The molecule has 0 saturated heterocycles. The molecule has 0 spiro atoms. The van der Waals surface area contributed by atoms with Crippen LogP contribution >= 0.6 is 22.7 Å². The first-order valence-electron chi connectivity index (χ1n) is 13.8. The highest BCUT2D eigenvalue weighted by atomic mass is 32.1. The largest absolute Gasteiger partial charge is 0.508 e. The number of aromatic nitrogens is 2. The second kappa shape index (κ2) is 16.4. The van der Waals surface area contributed by atoms with Crippen LogP contribution in [-0.4, -0.2) is 69.0 Å². The quantitative estimate of drug-likeness (QED) is 0.148. The molecule has 0 fully saturated rings. The summed E-state index contributed by atoms with van der Waals surface area (Å²) in [7, 11) is 0. The van der Waals surface area contributed by atoms with Crippen molar-refractivity contribution in [1.29, 1.82) is 0 Å². The lowest BCUT2D eigenvalue weighted by Crippen LogP contribution is -2.50. The molecular formula is C30H35N5O6S2. The second-order valence-electron chi connectivity index (χ2n) is 9.86. The van der Waals surface area contributed by atoms with E-state index in [-0.39, 0.29) is 36.8 Å². The molecule has 4 aromatic rings. The fraction of sp³-hybridized carbons (Fsp3) is 0.333. The Morgan fingerprint density at radius 3 is 1.53 bits per heavy atom. The first-order chi connectivity index (χ1) is 20.9. The first-order valence-corrected chi connectivity index (χ1v) is 15.5. The van der Waals surface area contributed by atoms with E-state index in [1.165, 1.54) is 22.7 Å². The van der Waals surface area contributed by atoms with E-state index < -0.39 is 12.2 Å². The molecular weight excluding hydrogens is 590 g/mol. The van der Waals surface area contributed by atoms with E-state index in [0.717, 1.165) is 20.9 Å². The Hall–Kier alpha value is -4.20. The zero-order valence-electron chi connectivity index (χ0n) is 23.7. The third-order valence-corrected chi connectivity index (χ3v) is 8.05. The monoisotopic (exact) mass is 625 g/mol. The minimum absolute atomic E-state index is 0.127. The van der Waals surface area contributed by atoms with Gasteiger partial charge in [0.25, 0.3) is 0 Å². The molecule has 4 rings (SSSR count). The van der Waals surface area contributed by atoms with Gasteiger partial charge in [-0.1, -0.05) is 31.2 Å². The molecule has 1 unspecified atom stereocenters. The minimum Gasteiger partial charge on any atom is -0.508 e. The van der Waals surface area contributed by atoms with Gasteiger partial charge in [-0.05, 0) is 54.8 Å². The van der Waals surface area contributed by atoms with Gasteiger partial charge in [-0.25, -0.2) is 9.59 Å². The lowest BCUT2D eigenvalue weighted by molar-refractivity contribution is 0.127. The molecule has 2 atom stereocenters. The number of aromatic hydroxyl groups is 2. The first kappa shape index (κ1) is 31.7. The Kier molecular flexibility index (Phi) is 12.1. The van der Waals surface area contributed by atoms with Crippen LogP contribution in [0, 0.1) is 0 Å². The summed E-state index contributed by atoms with van der Waals surface area (Å²) in [6.07, 6.45) is 3.23. The molecule has 4 N–H and O–H groups in total. The van der Waals surface area contributed by atoms with Crippen LogP contribution in [0.1, 0.15) is 27.8 Å². The maximum Gasteiger partial charge on any atom is 0.407 e. The summed E-state index contributed by atoms with van der Waals surface area (Å²) in [5.74, 6) is 0.329. The van der Waals surface area contributed by atoms with Gasteiger partial charge in [0.05, 0.1) is 20.8 Å². The molecule has 0 aliphatic carbocycles. The molecule has 43 heavy (non-hydrogen) atoms. The summed E-state index contributed by atoms with van der Waals surface area (Å²) in [6, 6.07) is 13.1. The number of amides is 2. The normalized spacial score (nSPS) is 12.4. The van der Waals surface area contributed by atoms with Gasteiger partial charge < -0.3 is 30.3 Å². The molecule has 2 amide bonds. The van der Waals surface area contributed by atoms with E-state index in [1.54, 1.807) is 47.7 Å². The number of alkyl carbamates (subject to hydrolysis) is 2. The van der Waals surface area contributed by atoms with E-state index in [0.29, 0.717) is 32.5 Å². The minimum atomic E-state index is -0.543. The predicted molar refractivity (Wildman–Crippen MR) is 164 cm³/mol. The Labute approximate surface area is 258 Å². The van der Waals surface area contributed by atoms with Crippen molar-refractivity contribution in [2.45, 2.75) is 45.1 Å². The number of nitrogens with one attached hydrogen (secondary N) is 2.